The number of hydrogen-bond acceptors (Lipinski definition) is 7. The molecule has 7 nitrogen and oxygen atoms in total. The Morgan fingerprint density at radius 1 is 1.17 bits per heavy atom. The lowest BCUT2D eigenvalue weighted by Gasteiger charge is -2.15. The Morgan fingerprint density at radius 2 is 1.94 bits per heavy atom. The minimum Gasteiger partial charge on any atom is -0.376 e. The summed E-state index contributed by atoms with van der Waals surface area (Å²) in [6, 6.07) is 11.7. The molecule has 1 aromatic carbocycles. The summed E-state index contributed by atoms with van der Waals surface area (Å²) < 4.78 is 7.71. The molecule has 2 aliphatic heterocycles. The molecule has 2 aromatic heterocycles. The molecule has 0 bridgehead atoms. The normalized spacial score (nSPS) is 19.3. The van der Waals surface area contributed by atoms with Crippen LogP contribution >= 0.6 is 24.0 Å². The molecular formula is C26H26N4O3S2. The number of thioether (sulfide) groups is 1. The van der Waals surface area contributed by atoms with E-state index in [0.29, 0.717) is 39.3 Å². The van der Waals surface area contributed by atoms with Crippen LogP contribution in [0.4, 0.5) is 5.82 Å². The van der Waals surface area contributed by atoms with Gasteiger partial charge < -0.3 is 10.1 Å². The molecule has 5 rings (SSSR count). The zero-order valence-corrected chi connectivity index (χ0v) is 21.2. The summed E-state index contributed by atoms with van der Waals surface area (Å²) in [6.07, 6.45) is 5.45. The van der Waals surface area contributed by atoms with Gasteiger partial charge in [0.1, 0.15) is 15.8 Å². The maximum absolute atomic E-state index is 13.5. The van der Waals surface area contributed by atoms with Crippen LogP contribution in [-0.2, 0) is 16.1 Å². The number of amides is 1. The van der Waals surface area contributed by atoms with E-state index < -0.39 is 0 Å². The van der Waals surface area contributed by atoms with Gasteiger partial charge in [-0.05, 0) is 50.0 Å². The molecule has 2 saturated heterocycles. The van der Waals surface area contributed by atoms with E-state index in [9.17, 15) is 9.59 Å². The average molecular weight is 507 g/mol. The molecule has 1 atom stereocenters. The minimum absolute atomic E-state index is 0.0776. The van der Waals surface area contributed by atoms with Crippen molar-refractivity contribution in [1.82, 2.24) is 14.3 Å². The number of aromatic nitrogens is 2. The Labute approximate surface area is 213 Å². The van der Waals surface area contributed by atoms with Crippen molar-refractivity contribution < 1.29 is 9.53 Å². The van der Waals surface area contributed by atoms with Crippen LogP contribution in [0, 0.1) is 13.8 Å². The van der Waals surface area contributed by atoms with Gasteiger partial charge in [0.15, 0.2) is 0 Å². The van der Waals surface area contributed by atoms with E-state index in [1.54, 1.807) is 17.2 Å². The molecule has 180 valence electrons. The van der Waals surface area contributed by atoms with Gasteiger partial charge in [-0.2, -0.15) is 0 Å². The Kier molecular flexibility index (Phi) is 6.73. The molecule has 35 heavy (non-hydrogen) atoms. The quantitative estimate of drug-likeness (QED) is 0.395. The van der Waals surface area contributed by atoms with Crippen molar-refractivity contribution in [2.45, 2.75) is 39.3 Å². The lowest BCUT2D eigenvalue weighted by atomic mass is 10.1. The zero-order chi connectivity index (χ0) is 24.5. The number of pyridine rings is 1. The monoisotopic (exact) mass is 506 g/mol. The molecule has 1 unspecified atom stereocenters. The first-order chi connectivity index (χ1) is 16.9. The fourth-order valence-corrected chi connectivity index (χ4v) is 5.42. The molecular weight excluding hydrogens is 480 g/mol. The number of benzene rings is 1. The number of fused-ring (bicyclic) bond motifs is 1. The van der Waals surface area contributed by atoms with Crippen LogP contribution < -0.4 is 10.9 Å². The van der Waals surface area contributed by atoms with Crippen LogP contribution in [0.25, 0.3) is 11.7 Å². The number of rotatable bonds is 6. The van der Waals surface area contributed by atoms with Gasteiger partial charge in [-0.15, -0.1) is 0 Å². The van der Waals surface area contributed by atoms with E-state index in [2.05, 4.69) is 5.32 Å². The summed E-state index contributed by atoms with van der Waals surface area (Å²) in [6.45, 7) is 5.62. The molecule has 2 fully saturated rings. The minimum atomic E-state index is -0.239. The van der Waals surface area contributed by atoms with Crippen molar-refractivity contribution in [2.24, 2.45) is 0 Å². The first-order valence-corrected chi connectivity index (χ1v) is 12.8. The van der Waals surface area contributed by atoms with Crippen molar-refractivity contribution in [2.75, 3.05) is 18.5 Å². The van der Waals surface area contributed by atoms with Crippen LogP contribution in [0.2, 0.25) is 0 Å². The second kappa shape index (κ2) is 9.93. The molecule has 0 radical (unpaired) electrons. The predicted molar refractivity (Wildman–Crippen MR) is 144 cm³/mol. The first kappa shape index (κ1) is 23.7. The van der Waals surface area contributed by atoms with Gasteiger partial charge in [-0.1, -0.05) is 59.9 Å². The van der Waals surface area contributed by atoms with E-state index in [1.807, 2.05) is 50.2 Å². The van der Waals surface area contributed by atoms with E-state index in [4.69, 9.17) is 21.9 Å². The number of carbonyl (C=O) groups is 1. The fourth-order valence-electron chi connectivity index (χ4n) is 4.18. The highest BCUT2D eigenvalue weighted by atomic mass is 32.2. The summed E-state index contributed by atoms with van der Waals surface area (Å²) in [5, 5.41) is 3.30. The highest BCUT2D eigenvalue weighted by Gasteiger charge is 2.32. The van der Waals surface area contributed by atoms with Gasteiger partial charge in [0.05, 0.1) is 23.1 Å². The third kappa shape index (κ3) is 5.03. The van der Waals surface area contributed by atoms with Gasteiger partial charge in [0, 0.05) is 19.3 Å². The molecule has 1 N–H and O–H groups in total. The van der Waals surface area contributed by atoms with E-state index in [0.717, 1.165) is 36.1 Å². The van der Waals surface area contributed by atoms with E-state index in [-0.39, 0.29) is 17.6 Å². The topological polar surface area (TPSA) is 75.9 Å². The zero-order valence-electron chi connectivity index (χ0n) is 19.6. The average Bonchev–Trinajstić information content (AvgIpc) is 3.45. The second-order valence-electron chi connectivity index (χ2n) is 8.88. The lowest BCUT2D eigenvalue weighted by molar-refractivity contribution is -0.122. The Balaban J connectivity index is 1.50. The van der Waals surface area contributed by atoms with Gasteiger partial charge >= 0.3 is 0 Å². The Morgan fingerprint density at radius 3 is 2.69 bits per heavy atom. The van der Waals surface area contributed by atoms with Gasteiger partial charge in [-0.25, -0.2) is 4.98 Å². The van der Waals surface area contributed by atoms with Gasteiger partial charge in [-0.3, -0.25) is 18.9 Å². The highest BCUT2D eigenvalue weighted by molar-refractivity contribution is 8.26. The maximum atomic E-state index is 13.5. The van der Waals surface area contributed by atoms with Gasteiger partial charge in [0.2, 0.25) is 0 Å². The smallest absolute Gasteiger partial charge is 0.267 e. The summed E-state index contributed by atoms with van der Waals surface area (Å²) in [5.74, 6) is 0.234. The largest absolute Gasteiger partial charge is 0.376 e. The van der Waals surface area contributed by atoms with E-state index >= 15 is 0 Å². The number of aryl methyl sites for hydroxylation is 2. The summed E-state index contributed by atoms with van der Waals surface area (Å²) >= 11 is 6.72. The standard InChI is InChI=1S/C26H26N4O3S2/c1-16-5-8-18(9-6-16)15-30-25(32)21(35-26(30)34)12-20-23(27-13-19-4-3-11-33-19)28-22-10-7-17(2)14-29(22)24(20)31/h5-10,12,14,19,27H,3-4,11,13,15H2,1-2H3/b21-12+. The molecule has 0 spiro atoms. The van der Waals surface area contributed by atoms with Gasteiger partial charge in [0.25, 0.3) is 11.5 Å². The number of carbonyl (C=O) groups excluding carboxylic acids is 1. The van der Waals surface area contributed by atoms with Crippen LogP contribution in [0.5, 0.6) is 0 Å². The molecule has 9 heteroatoms. The van der Waals surface area contributed by atoms with E-state index in [1.165, 1.54) is 16.2 Å². The summed E-state index contributed by atoms with van der Waals surface area (Å²) in [7, 11) is 0. The van der Waals surface area contributed by atoms with Crippen molar-refractivity contribution in [3.8, 4) is 0 Å². The van der Waals surface area contributed by atoms with Crippen molar-refractivity contribution in [1.29, 1.82) is 0 Å². The lowest BCUT2D eigenvalue weighted by Crippen LogP contribution is -2.27. The molecule has 1 amide bonds. The molecule has 0 saturated carbocycles. The number of nitrogens with zero attached hydrogens (tertiary/aromatic N) is 3. The van der Waals surface area contributed by atoms with Crippen molar-refractivity contribution in [3.05, 3.63) is 80.1 Å². The highest BCUT2D eigenvalue weighted by Crippen LogP contribution is 2.34. The number of hydrogen-bond donors (Lipinski definition) is 1. The predicted octanol–water partition coefficient (Wildman–Crippen LogP) is 4.30. The number of ether oxygens (including phenoxy) is 1. The maximum Gasteiger partial charge on any atom is 0.267 e. The Hall–Kier alpha value is -3.01. The van der Waals surface area contributed by atoms with Crippen LogP contribution in [0.1, 0.15) is 35.1 Å². The van der Waals surface area contributed by atoms with Crippen molar-refractivity contribution >= 4 is 51.7 Å². The fraction of sp³-hybridized carbons (Fsp3) is 0.308. The first-order valence-electron chi connectivity index (χ1n) is 11.6. The van der Waals surface area contributed by atoms with Crippen LogP contribution in [0.3, 0.4) is 0 Å². The molecule has 0 aliphatic carbocycles. The third-order valence-corrected chi connectivity index (χ3v) is 7.51. The summed E-state index contributed by atoms with van der Waals surface area (Å²) in [4.78, 5) is 33.5. The molecule has 4 heterocycles. The van der Waals surface area contributed by atoms with Crippen LogP contribution in [-0.4, -0.2) is 43.8 Å². The number of thiocarbonyl (C=S) groups is 1. The van der Waals surface area contributed by atoms with Crippen LogP contribution in [0.15, 0.2) is 52.3 Å². The summed E-state index contributed by atoms with van der Waals surface area (Å²) in [5.41, 5.74) is 3.73. The third-order valence-electron chi connectivity index (χ3n) is 6.14. The number of nitrogens with one attached hydrogen (secondary N) is 1. The molecule has 2 aliphatic rings. The molecule has 3 aromatic rings. The SMILES string of the molecule is Cc1ccc(CN2C(=O)/C(=C\c3c(NCC4CCCO4)nc4ccc(C)cn4c3=O)SC2=S)cc1. The Bertz CT molecular complexity index is 1390. The second-order valence-corrected chi connectivity index (χ2v) is 10.6. The van der Waals surface area contributed by atoms with Crippen molar-refractivity contribution in [3.63, 3.8) is 0 Å². The number of anilines is 1.